The third-order valence-corrected chi connectivity index (χ3v) is 2.45. The molecule has 0 radical (unpaired) electrons. The molecular weight excluding hydrogens is 266 g/mol. The third-order valence-electron chi connectivity index (χ3n) is 2.45. The second-order valence-electron chi connectivity index (χ2n) is 7.21. The lowest BCUT2D eigenvalue weighted by molar-refractivity contribution is -0.118. The maximum absolute atomic E-state index is 11.0. The molecule has 0 atom stereocenters. The second-order valence-corrected chi connectivity index (χ2v) is 7.21. The van der Waals surface area contributed by atoms with Crippen molar-refractivity contribution in [3.63, 3.8) is 0 Å². The smallest absolute Gasteiger partial charge is 0.217 e. The number of primary amides is 1. The van der Waals surface area contributed by atoms with E-state index >= 15 is 0 Å². The van der Waals surface area contributed by atoms with Crippen molar-refractivity contribution in [1.29, 1.82) is 0 Å². The van der Waals surface area contributed by atoms with Crippen LogP contribution in [0.3, 0.4) is 0 Å². The first kappa shape index (κ1) is 17.3. The summed E-state index contributed by atoms with van der Waals surface area (Å²) < 4.78 is 11.8. The molecular formula is C17H27NO3. The van der Waals surface area contributed by atoms with E-state index < -0.39 is 0 Å². The van der Waals surface area contributed by atoms with Crippen molar-refractivity contribution >= 4 is 5.91 Å². The van der Waals surface area contributed by atoms with Crippen LogP contribution in [0.15, 0.2) is 18.2 Å². The van der Waals surface area contributed by atoms with Gasteiger partial charge in [0.15, 0.2) is 0 Å². The number of hydrogen-bond donors (Lipinski definition) is 1. The SMILES string of the molecule is CC(C)(C)Oc1cc(CCC(N)=O)cc(OC(C)(C)C)c1. The Morgan fingerprint density at radius 2 is 1.38 bits per heavy atom. The van der Waals surface area contributed by atoms with Crippen molar-refractivity contribution in [3.05, 3.63) is 23.8 Å². The predicted molar refractivity (Wildman–Crippen MR) is 84.7 cm³/mol. The molecule has 0 bridgehead atoms. The summed E-state index contributed by atoms with van der Waals surface area (Å²) in [7, 11) is 0. The summed E-state index contributed by atoms with van der Waals surface area (Å²) in [6.07, 6.45) is 0.894. The van der Waals surface area contributed by atoms with E-state index in [1.807, 2.05) is 59.7 Å². The molecule has 0 heterocycles. The number of rotatable bonds is 5. The summed E-state index contributed by atoms with van der Waals surface area (Å²) in [5.41, 5.74) is 5.62. The Bertz CT molecular complexity index is 461. The molecule has 0 aromatic heterocycles. The zero-order valence-electron chi connectivity index (χ0n) is 13.9. The second kappa shape index (κ2) is 6.37. The Morgan fingerprint density at radius 3 is 1.71 bits per heavy atom. The molecule has 0 unspecified atom stereocenters. The molecule has 0 saturated heterocycles. The Morgan fingerprint density at radius 1 is 0.952 bits per heavy atom. The standard InChI is InChI=1S/C17H27NO3/c1-16(2,3)20-13-9-12(7-8-15(18)19)10-14(11-13)21-17(4,5)6/h9-11H,7-8H2,1-6H3,(H2,18,19). The normalized spacial score (nSPS) is 12.1. The fourth-order valence-electron chi connectivity index (χ4n) is 1.87. The fourth-order valence-corrected chi connectivity index (χ4v) is 1.87. The molecule has 4 heteroatoms. The number of amides is 1. The highest BCUT2D eigenvalue weighted by Gasteiger charge is 2.16. The summed E-state index contributed by atoms with van der Waals surface area (Å²) in [6.45, 7) is 12.0. The zero-order chi connectivity index (χ0) is 16.3. The van der Waals surface area contributed by atoms with Crippen molar-refractivity contribution in [2.24, 2.45) is 5.73 Å². The van der Waals surface area contributed by atoms with E-state index in [1.165, 1.54) is 0 Å². The Hall–Kier alpha value is -1.71. The first-order chi connectivity index (χ1) is 9.44. The van der Waals surface area contributed by atoms with Crippen LogP contribution in [-0.2, 0) is 11.2 Å². The lowest BCUT2D eigenvalue weighted by atomic mass is 10.1. The maximum Gasteiger partial charge on any atom is 0.217 e. The monoisotopic (exact) mass is 293 g/mol. The van der Waals surface area contributed by atoms with Gasteiger partial charge in [0, 0.05) is 12.5 Å². The van der Waals surface area contributed by atoms with Crippen LogP contribution in [0.25, 0.3) is 0 Å². The van der Waals surface area contributed by atoms with Crippen LogP contribution in [0.4, 0.5) is 0 Å². The van der Waals surface area contributed by atoms with Crippen LogP contribution in [-0.4, -0.2) is 17.1 Å². The van der Waals surface area contributed by atoms with E-state index in [0.717, 1.165) is 17.1 Å². The quantitative estimate of drug-likeness (QED) is 0.904. The van der Waals surface area contributed by atoms with Gasteiger partial charge in [0.25, 0.3) is 0 Å². The van der Waals surface area contributed by atoms with Gasteiger partial charge in [0.05, 0.1) is 0 Å². The summed E-state index contributed by atoms with van der Waals surface area (Å²) in [4.78, 5) is 11.0. The van der Waals surface area contributed by atoms with Crippen molar-refractivity contribution in [1.82, 2.24) is 0 Å². The average molecular weight is 293 g/mol. The molecule has 0 spiro atoms. The van der Waals surface area contributed by atoms with Gasteiger partial charge in [-0.05, 0) is 65.7 Å². The summed E-state index contributed by atoms with van der Waals surface area (Å²) in [6, 6.07) is 5.75. The predicted octanol–water partition coefficient (Wildman–Crippen LogP) is 3.46. The molecule has 0 aliphatic heterocycles. The largest absolute Gasteiger partial charge is 0.488 e. The minimum atomic E-state index is -0.310. The number of carbonyl (C=O) groups is 1. The van der Waals surface area contributed by atoms with E-state index in [4.69, 9.17) is 15.2 Å². The number of ether oxygens (including phenoxy) is 2. The van der Waals surface area contributed by atoms with Gasteiger partial charge in [-0.2, -0.15) is 0 Å². The zero-order valence-corrected chi connectivity index (χ0v) is 13.9. The number of aryl methyl sites for hydroxylation is 1. The molecule has 1 rings (SSSR count). The van der Waals surface area contributed by atoms with E-state index in [-0.39, 0.29) is 17.1 Å². The van der Waals surface area contributed by atoms with Gasteiger partial charge in [-0.15, -0.1) is 0 Å². The van der Waals surface area contributed by atoms with Crippen molar-refractivity contribution in [3.8, 4) is 11.5 Å². The number of benzene rings is 1. The summed E-state index contributed by atoms with van der Waals surface area (Å²) in [5.74, 6) is 1.17. The van der Waals surface area contributed by atoms with Crippen molar-refractivity contribution in [2.45, 2.75) is 65.6 Å². The Labute approximate surface area is 127 Å². The third kappa shape index (κ3) is 7.59. The molecule has 1 aromatic carbocycles. The molecule has 118 valence electrons. The molecule has 0 fully saturated rings. The highest BCUT2D eigenvalue weighted by Crippen LogP contribution is 2.29. The minimum absolute atomic E-state index is 0.290. The van der Waals surface area contributed by atoms with Gasteiger partial charge in [0.1, 0.15) is 22.7 Å². The first-order valence-corrected chi connectivity index (χ1v) is 7.25. The molecule has 1 amide bonds. The summed E-state index contributed by atoms with van der Waals surface area (Å²) in [5, 5.41) is 0. The van der Waals surface area contributed by atoms with E-state index in [2.05, 4.69) is 0 Å². The van der Waals surface area contributed by atoms with Crippen LogP contribution in [0, 0.1) is 0 Å². The van der Waals surface area contributed by atoms with Gasteiger partial charge in [-0.3, -0.25) is 4.79 Å². The van der Waals surface area contributed by atoms with Crippen LogP contribution in [0.2, 0.25) is 0 Å². The van der Waals surface area contributed by atoms with Crippen LogP contribution < -0.4 is 15.2 Å². The molecule has 0 aliphatic rings. The number of carbonyl (C=O) groups excluding carboxylic acids is 1. The van der Waals surface area contributed by atoms with Crippen LogP contribution in [0.1, 0.15) is 53.5 Å². The molecule has 21 heavy (non-hydrogen) atoms. The van der Waals surface area contributed by atoms with Crippen molar-refractivity contribution in [2.75, 3.05) is 0 Å². The van der Waals surface area contributed by atoms with E-state index in [1.54, 1.807) is 0 Å². The fraction of sp³-hybridized carbons (Fsp3) is 0.588. The van der Waals surface area contributed by atoms with Crippen LogP contribution >= 0.6 is 0 Å². The first-order valence-electron chi connectivity index (χ1n) is 7.25. The molecule has 1 aromatic rings. The van der Waals surface area contributed by atoms with Gasteiger partial charge < -0.3 is 15.2 Å². The Kier molecular flexibility index (Phi) is 5.26. The molecule has 2 N–H and O–H groups in total. The highest BCUT2D eigenvalue weighted by molar-refractivity contribution is 5.74. The molecule has 4 nitrogen and oxygen atoms in total. The van der Waals surface area contributed by atoms with Crippen molar-refractivity contribution < 1.29 is 14.3 Å². The lowest BCUT2D eigenvalue weighted by Crippen LogP contribution is -2.24. The van der Waals surface area contributed by atoms with Gasteiger partial charge in [0.2, 0.25) is 5.91 Å². The van der Waals surface area contributed by atoms with Gasteiger partial charge >= 0.3 is 0 Å². The number of nitrogens with two attached hydrogens (primary N) is 1. The van der Waals surface area contributed by atoms with E-state index in [0.29, 0.717) is 12.8 Å². The number of hydrogen-bond acceptors (Lipinski definition) is 3. The Balaban J connectivity index is 3.04. The lowest BCUT2D eigenvalue weighted by Gasteiger charge is -2.25. The molecule has 0 aliphatic carbocycles. The van der Waals surface area contributed by atoms with Crippen LogP contribution in [0.5, 0.6) is 11.5 Å². The summed E-state index contributed by atoms with van der Waals surface area (Å²) >= 11 is 0. The van der Waals surface area contributed by atoms with Gasteiger partial charge in [-0.25, -0.2) is 0 Å². The molecule has 0 saturated carbocycles. The minimum Gasteiger partial charge on any atom is -0.488 e. The van der Waals surface area contributed by atoms with Gasteiger partial charge in [-0.1, -0.05) is 0 Å². The van der Waals surface area contributed by atoms with E-state index in [9.17, 15) is 4.79 Å². The highest BCUT2D eigenvalue weighted by atomic mass is 16.5. The topological polar surface area (TPSA) is 61.5 Å². The average Bonchev–Trinajstić information content (AvgIpc) is 2.20. The maximum atomic E-state index is 11.0.